The van der Waals surface area contributed by atoms with E-state index in [1.165, 1.54) is 0 Å². The molecule has 0 amide bonds. The second kappa shape index (κ2) is 50.9. The van der Waals surface area contributed by atoms with Gasteiger partial charge in [-0.05, 0) is 0 Å². The van der Waals surface area contributed by atoms with Gasteiger partial charge in [0, 0.05) is 20.4 Å². The Balaban J connectivity index is -0.0000000400. The van der Waals surface area contributed by atoms with Crippen molar-refractivity contribution in [3.8, 4) is 0 Å². The molecule has 0 radical (unpaired) electrons. The molecule has 7 heteroatoms. The predicted octanol–water partition coefficient (Wildman–Crippen LogP) is 0.499. The van der Waals surface area contributed by atoms with Gasteiger partial charge in [-0.1, -0.05) is 0 Å². The molecule has 0 aliphatic carbocycles. The van der Waals surface area contributed by atoms with E-state index in [0.29, 0.717) is 0 Å². The van der Waals surface area contributed by atoms with Gasteiger partial charge in [-0.2, -0.15) is 0 Å². The Morgan fingerprint density at radius 2 is 1.00 bits per heavy atom. The van der Waals surface area contributed by atoms with Crippen LogP contribution >= 0.6 is 0 Å². The van der Waals surface area contributed by atoms with Crippen molar-refractivity contribution in [2.75, 3.05) is 0 Å². The van der Waals surface area contributed by atoms with Crippen LogP contribution in [-0.2, 0) is 20.4 Å². The van der Waals surface area contributed by atoms with Gasteiger partial charge >= 0.3 is 0 Å². The minimum atomic E-state index is 0. The molecule has 6 nitrogen and oxygen atoms in total. The zero-order valence-corrected chi connectivity index (χ0v) is 4.40. The summed E-state index contributed by atoms with van der Waals surface area (Å²) in [5.74, 6) is 0. The summed E-state index contributed by atoms with van der Waals surface area (Å²) in [6.07, 6.45) is 0. The largest absolute Gasteiger partial charge is 0.444 e. The average molecular weight is 198 g/mol. The van der Waals surface area contributed by atoms with E-state index in [1.807, 2.05) is 0 Å². The monoisotopic (exact) mass is 198 g/mol. The Morgan fingerprint density at radius 3 is 1.00 bits per heavy atom. The van der Waals surface area contributed by atoms with Crippen molar-refractivity contribution in [3.63, 3.8) is 0 Å². The molecule has 0 spiro atoms. The van der Waals surface area contributed by atoms with E-state index >= 15 is 0 Å². The van der Waals surface area contributed by atoms with Gasteiger partial charge in [0.1, 0.15) is 0 Å². The maximum atomic E-state index is 8.00. The maximum Gasteiger partial charge on any atom is 0 e. The van der Waals surface area contributed by atoms with E-state index in [4.69, 9.17) is 20.2 Å². The molecule has 0 aromatic carbocycles. The first-order valence-electron chi connectivity index (χ1n) is 0.730. The second-order valence-electron chi connectivity index (χ2n) is 0.149. The molecule has 0 N–H and O–H groups in total. The third kappa shape index (κ3) is 227. The molecule has 0 bridgehead atoms. The number of hydrogen-bond donors (Lipinski definition) is 0. The molecule has 0 saturated carbocycles. The summed E-state index contributed by atoms with van der Waals surface area (Å²) in [4.78, 5) is 16.0. The summed E-state index contributed by atoms with van der Waals surface area (Å²) in [7, 11) is 0. The van der Waals surface area contributed by atoms with Crippen LogP contribution in [0.25, 0.3) is 0 Å². The predicted molar refractivity (Wildman–Crippen MR) is 18.3 cm³/mol. The van der Waals surface area contributed by atoms with Crippen LogP contribution in [0.3, 0.4) is 0 Å². The van der Waals surface area contributed by atoms with Crippen LogP contribution < -0.4 is 0 Å². The van der Waals surface area contributed by atoms with Crippen molar-refractivity contribution in [1.82, 2.24) is 0 Å². The van der Waals surface area contributed by atoms with Crippen molar-refractivity contribution in [3.05, 3.63) is 20.2 Å². The van der Waals surface area contributed by atoms with Crippen molar-refractivity contribution in [2.24, 2.45) is 10.7 Å². The third-order valence-electron chi connectivity index (χ3n) is 0. The standard InChI is InChI=1S/2HNO2.Pd/c2*2-1-3;/h2*(H,2,3);/p-2. The first-order chi connectivity index (χ1) is 2.83. The van der Waals surface area contributed by atoms with Gasteiger partial charge in [0.25, 0.3) is 0 Å². The number of rotatable bonds is 0. The molecule has 0 saturated heterocycles. The summed E-state index contributed by atoms with van der Waals surface area (Å²) in [5, 5.41) is 18.0. The van der Waals surface area contributed by atoms with Gasteiger partial charge in [-0.15, -0.1) is 10.7 Å². The molecule has 0 aromatic heterocycles. The van der Waals surface area contributed by atoms with E-state index in [0.717, 1.165) is 10.7 Å². The van der Waals surface area contributed by atoms with E-state index in [9.17, 15) is 0 Å². The normalized spacial score (nSPS) is 3.43. The summed E-state index contributed by atoms with van der Waals surface area (Å²) >= 11 is 0. The van der Waals surface area contributed by atoms with E-state index in [-0.39, 0.29) is 20.4 Å². The molecule has 0 heterocycles. The van der Waals surface area contributed by atoms with Crippen LogP contribution in [0.1, 0.15) is 0 Å². The van der Waals surface area contributed by atoms with E-state index < -0.39 is 0 Å². The van der Waals surface area contributed by atoms with Gasteiger partial charge in [-0.3, -0.25) is 0 Å². The molecular weight excluding hydrogens is 198 g/mol. The summed E-state index contributed by atoms with van der Waals surface area (Å²) < 4.78 is 0. The summed E-state index contributed by atoms with van der Waals surface area (Å²) in [6, 6.07) is 0. The van der Waals surface area contributed by atoms with Crippen molar-refractivity contribution < 1.29 is 20.4 Å². The van der Waals surface area contributed by atoms with Crippen LogP contribution in [-0.4, -0.2) is 0 Å². The average Bonchev–Trinajstić information content (AvgIpc) is 1.39. The number of hydrogen-bond acceptors (Lipinski definition) is 6. The molecule has 0 rings (SSSR count). The maximum absolute atomic E-state index is 8.00. The zero-order chi connectivity index (χ0) is 5.41. The first-order valence-corrected chi connectivity index (χ1v) is 0.730. The summed E-state index contributed by atoms with van der Waals surface area (Å²) in [5.41, 5.74) is 0. The molecule has 0 aromatic rings. The first kappa shape index (κ1) is 16.1. The van der Waals surface area contributed by atoms with Crippen LogP contribution in [0.2, 0.25) is 0 Å². The van der Waals surface area contributed by atoms with E-state index in [2.05, 4.69) is 0 Å². The van der Waals surface area contributed by atoms with Gasteiger partial charge in [0.2, 0.25) is 0 Å². The van der Waals surface area contributed by atoms with Crippen LogP contribution in [0, 0.1) is 20.2 Å². The quantitative estimate of drug-likeness (QED) is 0.321. The number of nitrogens with zero attached hydrogens (tertiary/aromatic N) is 2. The topological polar surface area (TPSA) is 105 Å². The van der Waals surface area contributed by atoms with Gasteiger partial charge in [0.15, 0.2) is 0 Å². The van der Waals surface area contributed by atoms with Crippen molar-refractivity contribution >= 4 is 0 Å². The molecule has 7 heavy (non-hydrogen) atoms. The molecule has 0 aliphatic heterocycles. The van der Waals surface area contributed by atoms with Gasteiger partial charge < -0.3 is 20.2 Å². The fraction of sp³-hybridized carbons (Fsp3) is 0. The smallest absolute Gasteiger partial charge is 0 e. The fourth-order valence-corrected chi connectivity index (χ4v) is 0. The Kier molecular flexibility index (Phi) is 117. The fourth-order valence-electron chi connectivity index (χ4n) is 0. The minimum Gasteiger partial charge on any atom is -0.444 e. The Bertz CT molecular complexity index is 30.7. The van der Waals surface area contributed by atoms with Gasteiger partial charge in [-0.25, -0.2) is 0 Å². The Morgan fingerprint density at radius 1 is 1.00 bits per heavy atom. The second-order valence-corrected chi connectivity index (χ2v) is 0.149. The minimum absolute atomic E-state index is 0. The Hall–Kier alpha value is -0.538. The SMILES string of the molecule is O=N[O-].O=N[O-].[Pd]. The third-order valence-corrected chi connectivity index (χ3v) is 0. The molecule has 0 aliphatic rings. The van der Waals surface area contributed by atoms with Crippen molar-refractivity contribution in [2.45, 2.75) is 0 Å². The van der Waals surface area contributed by atoms with Gasteiger partial charge in [0.05, 0.1) is 0 Å². The zero-order valence-electron chi connectivity index (χ0n) is 2.84. The van der Waals surface area contributed by atoms with Crippen LogP contribution in [0.15, 0.2) is 10.7 Å². The van der Waals surface area contributed by atoms with E-state index in [1.54, 1.807) is 0 Å². The molecule has 0 fully saturated rings. The molecular formula is N2O4Pd-2. The van der Waals surface area contributed by atoms with Crippen molar-refractivity contribution in [1.29, 1.82) is 0 Å². The molecule has 46 valence electrons. The van der Waals surface area contributed by atoms with Crippen LogP contribution in [0.4, 0.5) is 0 Å². The molecule has 0 atom stereocenters. The van der Waals surface area contributed by atoms with Crippen LogP contribution in [0.5, 0.6) is 0 Å². The Labute approximate surface area is 52.0 Å². The summed E-state index contributed by atoms with van der Waals surface area (Å²) in [6.45, 7) is 0. The molecule has 0 unspecified atom stereocenters.